The lowest BCUT2D eigenvalue weighted by molar-refractivity contribution is 0.305. The summed E-state index contributed by atoms with van der Waals surface area (Å²) < 4.78 is 12.4. The molecule has 600 valence electrons. The molecule has 21 rings (SSSR count). The Hall–Kier alpha value is -15.5. The van der Waals surface area contributed by atoms with Crippen molar-refractivity contribution < 1.29 is 9.47 Å². The lowest BCUT2D eigenvalue weighted by Crippen LogP contribution is -2.10. The van der Waals surface area contributed by atoms with E-state index in [1.807, 2.05) is 0 Å². The fraction of sp³-hybridized carbons (Fsp3) is 0.0756. The second kappa shape index (κ2) is 34.9. The molecule has 0 fully saturated rings. The van der Waals surface area contributed by atoms with Gasteiger partial charge in [-0.15, -0.1) is 0 Å². The van der Waals surface area contributed by atoms with Gasteiger partial charge in [-0.3, -0.25) is 0 Å². The zero-order chi connectivity index (χ0) is 83.2. The molecular formula is C119H92N4O2. The van der Waals surface area contributed by atoms with Gasteiger partial charge in [0.05, 0.1) is 0 Å². The molecule has 125 heavy (non-hydrogen) atoms. The Labute approximate surface area is 733 Å². The van der Waals surface area contributed by atoms with Crippen LogP contribution in [0.1, 0.15) is 63.8 Å². The summed E-state index contributed by atoms with van der Waals surface area (Å²) in [5.41, 5.74) is 40.6. The maximum absolute atomic E-state index is 6.22. The van der Waals surface area contributed by atoms with Crippen LogP contribution in [-0.4, -0.2) is 0 Å². The first-order chi connectivity index (χ1) is 61.9. The molecule has 0 heterocycles. The van der Waals surface area contributed by atoms with Crippen LogP contribution in [0.3, 0.4) is 0 Å². The first-order valence-corrected chi connectivity index (χ1v) is 43.7. The van der Waals surface area contributed by atoms with Crippen molar-refractivity contribution in [1.82, 2.24) is 0 Å². The van der Waals surface area contributed by atoms with Gasteiger partial charge in [0.2, 0.25) is 0 Å². The molecule has 3 aliphatic carbocycles. The standard InChI is InChI=1S/C119H92N4O2/c1-5-18-104(19-6-1)120(108-64-30-84(31-65-108)82-124-116-76-62-98-50-52-100(98)80-116)110-68-54-94(55-69-110)90-42-34-86(35-43-90)88-38-46-92(47-39-88)96-58-72-112(73-59-96)122(106-22-9-3-10-23-106)114-26-13-16-102(78-114)118-28-15-29-119(118)103-17-14-27-115(79-103)123(107-24-11-4-12-25-107)113-74-60-97(61-75-113)93-48-40-89(41-49-93)87-36-44-91(45-37-87)95-56-70-111(71-57-95)121(105-20-7-2-8-21-105)109-66-32-85(33-67-109)83-125-117-77-63-99-51-53-101(99)81-117/h1-14,16-27,30-49,54-81H,15,28-29,50-53,82-83H2. The zero-order valence-corrected chi connectivity index (χ0v) is 69.7. The van der Waals surface area contributed by atoms with Crippen molar-refractivity contribution >= 4 is 79.4 Å². The van der Waals surface area contributed by atoms with Crippen molar-refractivity contribution in [3.63, 3.8) is 0 Å². The Morgan fingerprint density at radius 2 is 0.376 bits per heavy atom. The summed E-state index contributed by atoms with van der Waals surface area (Å²) in [6.45, 7) is 1.06. The molecule has 0 aromatic heterocycles. The van der Waals surface area contributed by atoms with Crippen LogP contribution in [0.2, 0.25) is 0 Å². The van der Waals surface area contributed by atoms with E-state index in [2.05, 4.69) is 469 Å². The average molecular weight is 1610 g/mol. The van der Waals surface area contributed by atoms with Gasteiger partial charge in [-0.2, -0.15) is 0 Å². The molecule has 0 unspecified atom stereocenters. The third-order valence-electron chi connectivity index (χ3n) is 25.1. The van der Waals surface area contributed by atoms with E-state index in [1.54, 1.807) is 0 Å². The van der Waals surface area contributed by atoms with Crippen LogP contribution >= 0.6 is 0 Å². The summed E-state index contributed by atoms with van der Waals surface area (Å²) in [5.74, 6) is 1.88. The molecule has 18 aromatic carbocycles. The first-order valence-electron chi connectivity index (χ1n) is 43.7. The van der Waals surface area contributed by atoms with Crippen molar-refractivity contribution in [1.29, 1.82) is 0 Å². The predicted octanol–water partition coefficient (Wildman–Crippen LogP) is 32.0. The highest BCUT2D eigenvalue weighted by Crippen LogP contribution is 2.47. The molecule has 0 bridgehead atoms. The number of ether oxygens (including phenoxy) is 2. The fourth-order valence-corrected chi connectivity index (χ4v) is 18.1. The Morgan fingerprint density at radius 1 is 0.160 bits per heavy atom. The van der Waals surface area contributed by atoms with Gasteiger partial charge < -0.3 is 29.1 Å². The Bertz CT molecular complexity index is 6410. The Morgan fingerprint density at radius 3 is 0.616 bits per heavy atom. The van der Waals surface area contributed by atoms with Crippen molar-refractivity contribution in [2.24, 2.45) is 0 Å². The minimum atomic E-state index is 0.530. The van der Waals surface area contributed by atoms with Gasteiger partial charge >= 0.3 is 0 Å². The molecular weight excluding hydrogens is 1520 g/mol. The normalized spacial score (nSPS) is 12.4. The molecule has 0 amide bonds. The maximum atomic E-state index is 6.22. The second-order valence-electron chi connectivity index (χ2n) is 32.9. The third-order valence-corrected chi connectivity index (χ3v) is 25.1. The SMILES string of the molecule is c1ccc(N(c2ccc(COc3ccc4c(c3)CC4)cc2)c2ccc(-c3ccc(-c4ccc(-c5ccc(N(c6ccccc6)c6cccc(C7=C(c8cccc(N(c9ccccc9)c9ccc(-c%10ccc(-c%11ccc(-c%12ccc(N(c%13ccccc%13)c%13ccc(COc%14ccc%15c(c%14)CC%15)cc%13)cc%12)cc%11)cc%10)cc9)c8)CCC7)c6)cc5)cc4)cc3)cc2)cc1. The van der Waals surface area contributed by atoms with Crippen LogP contribution < -0.4 is 29.1 Å². The Balaban J connectivity index is 0.473. The highest BCUT2D eigenvalue weighted by Gasteiger charge is 2.25. The van der Waals surface area contributed by atoms with Gasteiger partial charge in [-0.25, -0.2) is 0 Å². The summed E-state index contributed by atoms with van der Waals surface area (Å²) >= 11 is 0. The van der Waals surface area contributed by atoms with Crippen LogP contribution in [0.4, 0.5) is 68.2 Å². The molecule has 0 saturated heterocycles. The minimum Gasteiger partial charge on any atom is -0.489 e. The molecule has 6 nitrogen and oxygen atoms in total. The van der Waals surface area contributed by atoms with Gasteiger partial charge in [0, 0.05) is 68.2 Å². The molecule has 0 saturated carbocycles. The quantitative estimate of drug-likeness (QED) is 0.0537. The number of anilines is 12. The number of hydrogen-bond donors (Lipinski definition) is 0. The van der Waals surface area contributed by atoms with E-state index in [-0.39, 0.29) is 0 Å². The second-order valence-corrected chi connectivity index (χ2v) is 32.9. The van der Waals surface area contributed by atoms with E-state index in [0.717, 1.165) is 123 Å². The fourth-order valence-electron chi connectivity index (χ4n) is 18.1. The number of fused-ring (bicyclic) bond motifs is 2. The van der Waals surface area contributed by atoms with E-state index in [0.29, 0.717) is 13.2 Å². The molecule has 18 aromatic rings. The van der Waals surface area contributed by atoms with E-state index < -0.39 is 0 Å². The smallest absolute Gasteiger partial charge is 0.120 e. The molecule has 0 spiro atoms. The van der Waals surface area contributed by atoms with E-state index in [9.17, 15) is 0 Å². The van der Waals surface area contributed by atoms with Crippen LogP contribution in [-0.2, 0) is 38.9 Å². The molecule has 0 N–H and O–H groups in total. The van der Waals surface area contributed by atoms with Crippen molar-refractivity contribution in [3.8, 4) is 78.3 Å². The largest absolute Gasteiger partial charge is 0.489 e. The average Bonchev–Trinajstić information content (AvgIpc) is 1.72. The monoisotopic (exact) mass is 1610 g/mol. The van der Waals surface area contributed by atoms with Gasteiger partial charge in [0.25, 0.3) is 0 Å². The summed E-state index contributed by atoms with van der Waals surface area (Å²) in [4.78, 5) is 9.41. The molecule has 3 aliphatic rings. The summed E-state index contributed by atoms with van der Waals surface area (Å²) in [7, 11) is 0. The highest BCUT2D eigenvalue weighted by molar-refractivity contribution is 5.96. The maximum Gasteiger partial charge on any atom is 0.120 e. The van der Waals surface area contributed by atoms with Crippen LogP contribution in [0.15, 0.2) is 449 Å². The highest BCUT2D eigenvalue weighted by atomic mass is 16.5. The number of nitrogens with zero attached hydrogens (tertiary/aromatic N) is 4. The molecule has 6 heteroatoms. The number of para-hydroxylation sites is 4. The zero-order valence-electron chi connectivity index (χ0n) is 69.7. The predicted molar refractivity (Wildman–Crippen MR) is 521 cm³/mol. The van der Waals surface area contributed by atoms with Gasteiger partial charge in [0.1, 0.15) is 24.7 Å². The van der Waals surface area contributed by atoms with Gasteiger partial charge in [-0.05, 0) is 337 Å². The molecule has 0 aliphatic heterocycles. The van der Waals surface area contributed by atoms with Gasteiger partial charge in [-0.1, -0.05) is 279 Å². The summed E-state index contributed by atoms with van der Waals surface area (Å²) in [6, 6.07) is 163. The first kappa shape index (κ1) is 76.9. The lowest BCUT2D eigenvalue weighted by atomic mass is 9.89. The lowest BCUT2D eigenvalue weighted by Gasteiger charge is -2.27. The van der Waals surface area contributed by atoms with Crippen molar-refractivity contribution in [3.05, 3.63) is 493 Å². The number of hydrogen-bond acceptors (Lipinski definition) is 6. The van der Waals surface area contributed by atoms with E-state index in [4.69, 9.17) is 9.47 Å². The topological polar surface area (TPSA) is 31.4 Å². The Kier molecular flexibility index (Phi) is 21.5. The van der Waals surface area contributed by atoms with Crippen LogP contribution in [0, 0.1) is 0 Å². The molecule has 0 atom stereocenters. The minimum absolute atomic E-state index is 0.530. The summed E-state index contributed by atoms with van der Waals surface area (Å²) in [6.07, 6.45) is 7.76. The number of allylic oxidation sites excluding steroid dienone is 2. The third kappa shape index (κ3) is 16.6. The number of benzene rings is 18. The molecule has 0 radical (unpaired) electrons. The summed E-state index contributed by atoms with van der Waals surface area (Å²) in [5, 5.41) is 0. The number of aryl methyl sites for hydroxylation is 4. The van der Waals surface area contributed by atoms with Crippen LogP contribution in [0.25, 0.3) is 77.9 Å². The van der Waals surface area contributed by atoms with E-state index >= 15 is 0 Å². The van der Waals surface area contributed by atoms with Crippen molar-refractivity contribution in [2.75, 3.05) is 19.6 Å². The van der Waals surface area contributed by atoms with Crippen LogP contribution in [0.5, 0.6) is 11.5 Å². The van der Waals surface area contributed by atoms with Crippen molar-refractivity contribution in [2.45, 2.75) is 58.2 Å². The van der Waals surface area contributed by atoms with Gasteiger partial charge in [0.15, 0.2) is 0 Å². The number of rotatable bonds is 26. The van der Waals surface area contributed by atoms with E-state index in [1.165, 1.54) is 124 Å².